The second kappa shape index (κ2) is 5.48. The molecule has 5 atom stereocenters. The molecule has 0 heterocycles. The van der Waals surface area contributed by atoms with Gasteiger partial charge in [-0.2, -0.15) is 0 Å². The van der Waals surface area contributed by atoms with Crippen molar-refractivity contribution in [2.75, 3.05) is 6.61 Å². The molecule has 0 rings (SSSR count). The second-order valence-electron chi connectivity index (χ2n) is 2.96. The van der Waals surface area contributed by atoms with E-state index in [-0.39, 0.29) is 0 Å². The van der Waals surface area contributed by atoms with Crippen LogP contribution in [0.5, 0.6) is 0 Å². The molecule has 0 saturated heterocycles. The molecule has 13 heavy (non-hydrogen) atoms. The third-order valence-electron chi connectivity index (χ3n) is 1.78. The van der Waals surface area contributed by atoms with Gasteiger partial charge in [-0.15, -0.1) is 0 Å². The summed E-state index contributed by atoms with van der Waals surface area (Å²) >= 11 is 0. The minimum atomic E-state index is -1.69. The summed E-state index contributed by atoms with van der Waals surface area (Å²) in [5, 5.41) is 53.4. The summed E-state index contributed by atoms with van der Waals surface area (Å²) in [6.07, 6.45) is -7.70. The van der Waals surface area contributed by atoms with Crippen LogP contribution in [-0.4, -0.2) is 67.8 Å². The van der Waals surface area contributed by atoms with Gasteiger partial charge in [-0.25, -0.2) is 0 Å². The molecule has 6 nitrogen and oxygen atoms in total. The van der Waals surface area contributed by atoms with Gasteiger partial charge < -0.3 is 30.6 Å². The van der Waals surface area contributed by atoms with Gasteiger partial charge in [-0.05, 0) is 6.92 Å². The maximum absolute atomic E-state index is 9.13. The summed E-state index contributed by atoms with van der Waals surface area (Å²) in [5.74, 6) is 0. The second-order valence-corrected chi connectivity index (χ2v) is 2.96. The predicted molar refractivity (Wildman–Crippen MR) is 42.8 cm³/mol. The zero-order valence-corrected chi connectivity index (χ0v) is 7.28. The van der Waals surface area contributed by atoms with Crippen molar-refractivity contribution in [3.63, 3.8) is 0 Å². The fourth-order valence-electron chi connectivity index (χ4n) is 0.823. The molecular formula is C7H16O6. The van der Waals surface area contributed by atoms with Crippen LogP contribution in [0.1, 0.15) is 6.92 Å². The Balaban J connectivity index is 4.15. The lowest BCUT2D eigenvalue weighted by Crippen LogP contribution is -2.49. The van der Waals surface area contributed by atoms with Crippen LogP contribution >= 0.6 is 0 Å². The van der Waals surface area contributed by atoms with Crippen molar-refractivity contribution in [2.24, 2.45) is 0 Å². The Hall–Kier alpha value is -0.240. The van der Waals surface area contributed by atoms with Gasteiger partial charge in [-0.1, -0.05) is 0 Å². The number of hydrogen-bond donors (Lipinski definition) is 6. The Morgan fingerprint density at radius 2 is 1.31 bits per heavy atom. The maximum atomic E-state index is 9.13. The summed E-state index contributed by atoms with van der Waals surface area (Å²) < 4.78 is 0. The van der Waals surface area contributed by atoms with Gasteiger partial charge in [-0.3, -0.25) is 0 Å². The quantitative estimate of drug-likeness (QED) is 0.275. The van der Waals surface area contributed by atoms with Gasteiger partial charge >= 0.3 is 0 Å². The monoisotopic (exact) mass is 196 g/mol. The first-order valence-corrected chi connectivity index (χ1v) is 3.93. The average Bonchev–Trinajstić information content (AvgIpc) is 2.12. The van der Waals surface area contributed by atoms with Crippen molar-refractivity contribution >= 4 is 0 Å². The Morgan fingerprint density at radius 1 is 0.846 bits per heavy atom. The van der Waals surface area contributed by atoms with E-state index in [4.69, 9.17) is 30.6 Å². The Morgan fingerprint density at radius 3 is 1.62 bits per heavy atom. The van der Waals surface area contributed by atoms with Crippen molar-refractivity contribution in [3.05, 3.63) is 0 Å². The van der Waals surface area contributed by atoms with Crippen molar-refractivity contribution in [2.45, 2.75) is 37.4 Å². The summed E-state index contributed by atoms with van der Waals surface area (Å²) in [4.78, 5) is 0. The van der Waals surface area contributed by atoms with E-state index < -0.39 is 37.1 Å². The van der Waals surface area contributed by atoms with Crippen LogP contribution < -0.4 is 0 Å². The lowest BCUT2D eigenvalue weighted by atomic mass is 10.0. The molecule has 0 fully saturated rings. The summed E-state index contributed by atoms with van der Waals surface area (Å²) in [6, 6.07) is 0. The molecule has 0 aliphatic rings. The van der Waals surface area contributed by atoms with Crippen molar-refractivity contribution < 1.29 is 30.6 Å². The van der Waals surface area contributed by atoms with Crippen LogP contribution in [0.3, 0.4) is 0 Å². The highest BCUT2D eigenvalue weighted by Gasteiger charge is 2.32. The number of aliphatic hydroxyl groups is 6. The van der Waals surface area contributed by atoms with Crippen molar-refractivity contribution in [1.29, 1.82) is 0 Å². The van der Waals surface area contributed by atoms with E-state index in [0.717, 1.165) is 0 Å². The van der Waals surface area contributed by atoms with Crippen LogP contribution in [-0.2, 0) is 0 Å². The van der Waals surface area contributed by atoms with E-state index >= 15 is 0 Å². The SMILES string of the molecule is C[C@H](O)[C@H](O)[C@@H](O)[C@H](O)C(O)CO. The third kappa shape index (κ3) is 3.55. The highest BCUT2D eigenvalue weighted by molar-refractivity contribution is 4.82. The highest BCUT2D eigenvalue weighted by atomic mass is 16.4. The van der Waals surface area contributed by atoms with E-state index in [1.165, 1.54) is 6.92 Å². The van der Waals surface area contributed by atoms with Crippen LogP contribution in [0.4, 0.5) is 0 Å². The fourth-order valence-corrected chi connectivity index (χ4v) is 0.823. The largest absolute Gasteiger partial charge is 0.394 e. The molecule has 80 valence electrons. The van der Waals surface area contributed by atoms with Gasteiger partial charge in [0.2, 0.25) is 0 Å². The van der Waals surface area contributed by atoms with E-state index in [2.05, 4.69) is 0 Å². The molecule has 0 spiro atoms. The molecule has 1 unspecified atom stereocenters. The third-order valence-corrected chi connectivity index (χ3v) is 1.78. The lowest BCUT2D eigenvalue weighted by molar-refractivity contribution is -0.137. The molecule has 0 aromatic rings. The zero-order chi connectivity index (χ0) is 10.6. The van der Waals surface area contributed by atoms with E-state index in [0.29, 0.717) is 0 Å². The number of aliphatic hydroxyl groups excluding tert-OH is 6. The Labute approximate surface area is 75.7 Å². The average molecular weight is 196 g/mol. The van der Waals surface area contributed by atoms with Gasteiger partial charge in [0, 0.05) is 0 Å². The van der Waals surface area contributed by atoms with Gasteiger partial charge in [0.25, 0.3) is 0 Å². The Kier molecular flexibility index (Phi) is 5.38. The highest BCUT2D eigenvalue weighted by Crippen LogP contribution is 2.07. The minimum Gasteiger partial charge on any atom is -0.394 e. The van der Waals surface area contributed by atoms with Crippen LogP contribution in [0.25, 0.3) is 0 Å². The van der Waals surface area contributed by atoms with Gasteiger partial charge in [0.15, 0.2) is 0 Å². The molecule has 6 heteroatoms. The first-order chi connectivity index (χ1) is 5.91. The molecule has 0 aromatic heterocycles. The zero-order valence-electron chi connectivity index (χ0n) is 7.28. The van der Waals surface area contributed by atoms with Gasteiger partial charge in [0.1, 0.15) is 24.4 Å². The van der Waals surface area contributed by atoms with E-state index in [1.54, 1.807) is 0 Å². The molecule has 6 N–H and O–H groups in total. The Bertz CT molecular complexity index is 139. The first kappa shape index (κ1) is 12.8. The lowest BCUT2D eigenvalue weighted by Gasteiger charge is -2.26. The minimum absolute atomic E-state index is 0.731. The standard InChI is InChI=1S/C7H16O6/c1-3(9)5(11)7(13)6(12)4(10)2-8/h3-13H,2H2,1H3/t3-,4?,5-,6+,7+/m0/s1. The first-order valence-electron chi connectivity index (χ1n) is 3.93. The maximum Gasteiger partial charge on any atom is 0.111 e. The molecule has 0 bridgehead atoms. The van der Waals surface area contributed by atoms with E-state index in [9.17, 15) is 0 Å². The predicted octanol–water partition coefficient (Wildman–Crippen LogP) is -3.20. The van der Waals surface area contributed by atoms with Crippen LogP contribution in [0, 0.1) is 0 Å². The summed E-state index contributed by atoms with van der Waals surface area (Å²) in [5.41, 5.74) is 0. The van der Waals surface area contributed by atoms with Crippen LogP contribution in [0.2, 0.25) is 0 Å². The fraction of sp³-hybridized carbons (Fsp3) is 1.00. The van der Waals surface area contributed by atoms with E-state index in [1.807, 2.05) is 0 Å². The molecule has 0 amide bonds. The smallest absolute Gasteiger partial charge is 0.111 e. The molecule has 0 saturated carbocycles. The summed E-state index contributed by atoms with van der Waals surface area (Å²) in [7, 11) is 0. The number of hydrogen-bond acceptors (Lipinski definition) is 6. The normalized spacial score (nSPS) is 23.3. The molecule has 0 aliphatic heterocycles. The summed E-state index contributed by atoms with van der Waals surface area (Å²) in [6.45, 7) is 0.497. The molecule has 0 aliphatic carbocycles. The van der Waals surface area contributed by atoms with Crippen molar-refractivity contribution in [1.82, 2.24) is 0 Å². The molecule has 0 radical (unpaired) electrons. The van der Waals surface area contributed by atoms with Gasteiger partial charge in [0.05, 0.1) is 12.7 Å². The molecule has 0 aromatic carbocycles. The number of rotatable bonds is 5. The molecular weight excluding hydrogens is 180 g/mol. The topological polar surface area (TPSA) is 121 Å². The van der Waals surface area contributed by atoms with Crippen molar-refractivity contribution in [3.8, 4) is 0 Å². The van der Waals surface area contributed by atoms with Crippen LogP contribution in [0.15, 0.2) is 0 Å².